The van der Waals surface area contributed by atoms with Gasteiger partial charge in [-0.25, -0.2) is 13.7 Å². The van der Waals surface area contributed by atoms with E-state index in [1.807, 2.05) is 0 Å². The summed E-state index contributed by atoms with van der Waals surface area (Å²) in [6, 6.07) is 14.1. The Balaban J connectivity index is 0.000000150. The number of rotatable bonds is 21. The fraction of sp³-hybridized carbons (Fsp3) is 0.552. The lowest BCUT2D eigenvalue weighted by Gasteiger charge is -2.47. The van der Waals surface area contributed by atoms with Crippen molar-refractivity contribution in [2.45, 2.75) is 168 Å². The molecule has 12 N–H and O–H groups in total. The average molecular weight is 2030 g/mol. The van der Waals surface area contributed by atoms with Gasteiger partial charge in [-0.15, -0.1) is 0 Å². The molecule has 3 aliphatic carbocycles. The molecule has 9 saturated heterocycles. The van der Waals surface area contributed by atoms with Gasteiger partial charge in [0.2, 0.25) is 37.6 Å². The van der Waals surface area contributed by atoms with Crippen LogP contribution in [0.2, 0.25) is 0 Å². The Hall–Kier alpha value is -9.54. The summed E-state index contributed by atoms with van der Waals surface area (Å²) in [6.45, 7) is -10.0. The van der Waals surface area contributed by atoms with E-state index in [9.17, 15) is 89.4 Å². The monoisotopic (exact) mass is 2030 g/mol. The minimum Gasteiger partial charge on any atom is -0.493 e. The number of esters is 3. The third-order valence-corrected chi connectivity index (χ3v) is 26.3. The number of phosphoric acid groups is 3. The number of benzene rings is 6. The van der Waals surface area contributed by atoms with E-state index in [4.69, 9.17) is 163 Å². The van der Waals surface area contributed by atoms with Crippen molar-refractivity contribution < 1.29 is 261 Å². The largest absolute Gasteiger partial charge is 0.525 e. The van der Waals surface area contributed by atoms with E-state index in [0.717, 1.165) is 12.1 Å². The summed E-state index contributed by atoms with van der Waals surface area (Å²) in [4.78, 5) is 99.0. The van der Waals surface area contributed by atoms with Gasteiger partial charge in [0.15, 0.2) is 107 Å². The number of carbonyl (C=O) groups is 3. The number of hydrogen-bond donors (Lipinski definition) is 12. The Labute approximate surface area is 815 Å². The van der Waals surface area contributed by atoms with Gasteiger partial charge >= 0.3 is 41.4 Å². The van der Waals surface area contributed by atoms with Crippen LogP contribution in [-0.2, 0) is 99.1 Å². The molecule has 6 aromatic carbocycles. The molecular weight excluding hydrogens is 1910 g/mol. The van der Waals surface area contributed by atoms with Crippen molar-refractivity contribution in [2.75, 3.05) is 102 Å². The maximum absolute atomic E-state index is 13.9. The van der Waals surface area contributed by atoms with E-state index >= 15 is 0 Å². The standard InChI is InChI=1S/3C29H33O16P/c3*1-11-38-9-20-27(42-11)23(30)24(31)29(43-20)44-25-14-7-17-16(40-10-41-17)6-13(14)21(22-15(25)8-39-28(22)32)12-4-18(36-2)26(19(5-12)37-3)45-46(33,34)35/h3*4-7,11,15,20-25,27,29-31H,8-10H2,1-3H3,(H2,33,34,35)/t3*11-,15+,20-,21-,22+,23-,24-,25-,27-,29+/m111/s1/i2D3,3D3,8D2,9D2,21D;2D3,3D3,8D2,9D2;10D2. The number of hydrogen-bond acceptors (Lipinski definition) is 42. The zero-order valence-electron chi connectivity index (χ0n) is 94.4. The Bertz CT molecular complexity index is 6740. The molecular formula is C87H99O48P3. The molecule has 0 bridgehead atoms. The smallest absolute Gasteiger partial charge is 0.493 e. The SMILES string of the molecule is [2H]C([2H])([2H])Oc1cc([C@@H]2c3cc4c(cc3[C@@H](O[C@@H]3O[C@H]5[C@@H](O[C@H](C)OC5([2H])[2H])[C@H](O)[C@H]3O)[C@@H]3[C@@H]2C(=O)OC3([2H])[2H])OCO4)cc(OC([2H])([2H])[2H])c1OP(=O)(O)O.[2H]C([2H])([2H])Oc1cc([C@]2([2H])c3cc4c(cc3[C@@H](O[C@@H]3O[C@H]5[C@@H](O[C@H](C)OC5([2H])[2H])[C@H](O)[C@H]3O)[C@@H]3[C@@H]2C(=O)OC3([2H])[2H])OCO4)cc(OC([2H])([2H])[2H])c1OP(=O)(O)O.[2H]C1([2H])Oc2cc3c(cc2O1)[C@@H](O[C@@H]1O[C@@H]2CO[C@@H](C)O[C@H]2[C@H](O)[C@H]1O)[C@H]1COC(=O)[C@@H]1[C@@H]3c1cc(OC)c(OP(=O)(O)O)c(OC)c1. The van der Waals surface area contributed by atoms with E-state index in [-0.39, 0.29) is 106 Å². The molecule has 12 heterocycles. The van der Waals surface area contributed by atoms with Gasteiger partial charge in [-0.05, 0) is 144 Å². The van der Waals surface area contributed by atoms with Crippen LogP contribution < -0.4 is 70.4 Å². The third kappa shape index (κ3) is 18.3. The molecule has 12 aliphatic heterocycles. The van der Waals surface area contributed by atoms with Gasteiger partial charge in [0, 0.05) is 36.9 Å². The number of aliphatic hydroxyl groups is 6. The van der Waals surface area contributed by atoms with Crippen LogP contribution in [0.5, 0.6) is 86.2 Å². The number of methoxy groups -OCH3 is 6. The van der Waals surface area contributed by atoms with Gasteiger partial charge in [-0.1, -0.05) is 0 Å². The number of phosphoric ester groups is 3. The highest BCUT2D eigenvalue weighted by Gasteiger charge is 2.62. The van der Waals surface area contributed by atoms with Gasteiger partial charge in [-0.2, -0.15) is 0 Å². The molecule has 30 atom stereocenters. The predicted molar refractivity (Wildman–Crippen MR) is 448 cm³/mol. The summed E-state index contributed by atoms with van der Waals surface area (Å²) in [6.07, 6.45) is -31.4. The first-order valence-electron chi connectivity index (χ1n) is 53.1. The molecule has 21 rings (SSSR count). The predicted octanol–water partition coefficient (Wildman–Crippen LogP) is 3.31. The highest BCUT2D eigenvalue weighted by molar-refractivity contribution is 7.47. The maximum Gasteiger partial charge on any atom is 0.525 e. The van der Waals surface area contributed by atoms with Crippen molar-refractivity contribution in [3.63, 3.8) is 0 Å². The highest BCUT2D eigenvalue weighted by atomic mass is 31.2. The average Bonchev–Trinajstić information content (AvgIpc) is 1.55. The van der Waals surface area contributed by atoms with Crippen LogP contribution in [0.1, 0.15) is 138 Å². The van der Waals surface area contributed by atoms with Crippen molar-refractivity contribution in [3.8, 4) is 86.2 Å². The molecule has 51 heteroatoms. The van der Waals surface area contributed by atoms with Crippen molar-refractivity contribution >= 4 is 41.4 Å². The molecule has 0 amide bonds. The molecule has 48 nitrogen and oxygen atoms in total. The van der Waals surface area contributed by atoms with E-state index in [1.165, 1.54) is 76.6 Å². The maximum atomic E-state index is 13.9. The second-order valence-corrected chi connectivity index (χ2v) is 36.5. The highest BCUT2D eigenvalue weighted by Crippen LogP contribution is 2.64. The number of aliphatic hydroxyl groups excluding tert-OH is 6. The lowest BCUT2D eigenvalue weighted by atomic mass is 9.66. The summed E-state index contributed by atoms with van der Waals surface area (Å²) >= 11 is 0. The molecule has 0 saturated carbocycles. The summed E-state index contributed by atoms with van der Waals surface area (Å²) in [5.74, 6) is -24.2. The molecule has 6 aromatic rings. The lowest BCUT2D eigenvalue weighted by Crippen LogP contribution is -2.63. The molecule has 9 fully saturated rings. The molecule has 750 valence electrons. The van der Waals surface area contributed by atoms with Crippen molar-refractivity contribution in [1.82, 2.24) is 0 Å². The van der Waals surface area contributed by atoms with Crippen LogP contribution in [0.25, 0.3) is 0 Å². The fourth-order valence-electron chi connectivity index (χ4n) is 19.2. The quantitative estimate of drug-likeness (QED) is 0.0279. The first kappa shape index (κ1) is 72.7. The molecule has 0 spiro atoms. The third-order valence-electron chi connectivity index (χ3n) is 25.0. The first-order chi connectivity index (χ1) is 74.5. The normalized spacial score (nSPS) is 39.8. The Morgan fingerprint density at radius 1 is 0.355 bits per heavy atom. The van der Waals surface area contributed by atoms with Gasteiger partial charge in [0.05, 0.1) is 145 Å². The number of cyclic esters (lactones) is 3. The topological polar surface area (TPSA) is 622 Å². The van der Waals surface area contributed by atoms with E-state index in [1.54, 1.807) is 6.92 Å². The van der Waals surface area contributed by atoms with Gasteiger partial charge in [0.1, 0.15) is 76.0 Å². The zero-order chi connectivity index (χ0) is 117. The Morgan fingerprint density at radius 3 is 1.09 bits per heavy atom. The molecule has 15 aliphatic rings. The van der Waals surface area contributed by atoms with Crippen molar-refractivity contribution in [3.05, 3.63) is 123 Å². The van der Waals surface area contributed by atoms with E-state index in [0.29, 0.717) is 28.8 Å². The van der Waals surface area contributed by atoms with E-state index in [2.05, 4.69) is 9.05 Å². The van der Waals surface area contributed by atoms with Gasteiger partial charge in [-0.3, -0.25) is 43.7 Å². The molecule has 138 heavy (non-hydrogen) atoms. The Morgan fingerprint density at radius 2 is 0.681 bits per heavy atom. The van der Waals surface area contributed by atoms with Crippen LogP contribution >= 0.6 is 23.5 Å². The van der Waals surface area contributed by atoms with Crippen molar-refractivity contribution in [2.24, 2.45) is 35.5 Å². The van der Waals surface area contributed by atoms with E-state index < -0.39 is 325 Å². The molecule has 0 unspecified atom stereocenters. The summed E-state index contributed by atoms with van der Waals surface area (Å²) in [5, 5.41) is 66.6. The number of fused-ring (bicyclic) bond motifs is 12. The zero-order valence-corrected chi connectivity index (χ0v) is 74.1. The second kappa shape index (κ2) is 38.4. The van der Waals surface area contributed by atoms with Crippen LogP contribution in [0.3, 0.4) is 0 Å². The van der Waals surface area contributed by atoms with Crippen LogP contribution in [0, 0.1) is 35.5 Å². The minimum absolute atomic E-state index is 0.00167. The molecule has 0 radical (unpaired) electrons. The van der Waals surface area contributed by atoms with Crippen molar-refractivity contribution in [1.29, 1.82) is 0 Å². The summed E-state index contributed by atoms with van der Waals surface area (Å²) in [7, 11) is -27.3. The van der Waals surface area contributed by atoms with Crippen LogP contribution in [-0.4, -0.2) is 291 Å². The van der Waals surface area contributed by atoms with Gasteiger partial charge in [0.25, 0.3) is 0 Å². The summed E-state index contributed by atoms with van der Waals surface area (Å²) < 4.78 is 386. The first-order valence-corrected chi connectivity index (χ1v) is 46.2. The Kier molecular flexibility index (Phi) is 20.2. The van der Waals surface area contributed by atoms with Crippen LogP contribution in [0.4, 0.5) is 0 Å². The lowest BCUT2D eigenvalue weighted by molar-refractivity contribution is -0.364. The second-order valence-electron chi connectivity index (χ2n) is 33.0. The number of ether oxygens (including phenoxy) is 27. The fourth-order valence-corrected chi connectivity index (χ4v) is 20.5. The molecule has 0 aromatic heterocycles. The van der Waals surface area contributed by atoms with Crippen LogP contribution in [0.15, 0.2) is 72.8 Å². The number of carbonyl (C=O) groups excluding carboxylic acids is 3. The van der Waals surface area contributed by atoms with Gasteiger partial charge < -0.3 is 172 Å². The minimum atomic E-state index is -5.63. The summed E-state index contributed by atoms with van der Waals surface area (Å²) in [5.41, 5.74) is -0.0527.